The minimum Gasteiger partial charge on any atom is -0.481 e. The third-order valence-corrected chi connectivity index (χ3v) is 1.35. The van der Waals surface area contributed by atoms with Crippen molar-refractivity contribution in [3.8, 4) is 5.88 Å². The van der Waals surface area contributed by atoms with Crippen molar-refractivity contribution in [1.29, 1.82) is 0 Å². The van der Waals surface area contributed by atoms with Crippen LogP contribution in [0.25, 0.3) is 10.4 Å². The van der Waals surface area contributed by atoms with E-state index in [9.17, 15) is 0 Å². The Morgan fingerprint density at radius 3 is 3.25 bits per heavy atom. The summed E-state index contributed by atoms with van der Waals surface area (Å²) in [5.74, 6) is 0.505. The second kappa shape index (κ2) is 4.20. The standard InChI is InChI=1S/C7H8N4O/c1-12-7-6(5-10-11-8)3-2-4-9-7/h2-4H,5H2,1H3. The van der Waals surface area contributed by atoms with Crippen LogP contribution in [0.5, 0.6) is 5.88 Å². The van der Waals surface area contributed by atoms with Crippen molar-refractivity contribution >= 4 is 0 Å². The van der Waals surface area contributed by atoms with Crippen molar-refractivity contribution in [2.75, 3.05) is 7.11 Å². The molecule has 5 nitrogen and oxygen atoms in total. The van der Waals surface area contributed by atoms with E-state index in [1.807, 2.05) is 0 Å². The molecule has 0 aliphatic carbocycles. The van der Waals surface area contributed by atoms with Crippen LogP contribution >= 0.6 is 0 Å². The molecule has 0 radical (unpaired) electrons. The van der Waals surface area contributed by atoms with Crippen molar-refractivity contribution in [3.63, 3.8) is 0 Å². The van der Waals surface area contributed by atoms with E-state index in [0.29, 0.717) is 5.88 Å². The molecule has 1 rings (SSSR count). The highest BCUT2D eigenvalue weighted by Gasteiger charge is 1.99. The smallest absolute Gasteiger partial charge is 0.216 e. The summed E-state index contributed by atoms with van der Waals surface area (Å²) < 4.78 is 4.95. The van der Waals surface area contributed by atoms with Crippen LogP contribution in [0.1, 0.15) is 5.56 Å². The Morgan fingerprint density at radius 2 is 2.58 bits per heavy atom. The van der Waals surface area contributed by atoms with Gasteiger partial charge in [0.15, 0.2) is 0 Å². The van der Waals surface area contributed by atoms with Crippen molar-refractivity contribution in [1.82, 2.24) is 4.98 Å². The van der Waals surface area contributed by atoms with Crippen molar-refractivity contribution in [2.45, 2.75) is 6.54 Å². The molecular formula is C7H8N4O. The van der Waals surface area contributed by atoms with E-state index in [0.717, 1.165) is 5.56 Å². The molecule has 1 heterocycles. The van der Waals surface area contributed by atoms with Crippen molar-refractivity contribution < 1.29 is 4.74 Å². The predicted octanol–water partition coefficient (Wildman–Crippen LogP) is 1.90. The van der Waals surface area contributed by atoms with Gasteiger partial charge in [-0.25, -0.2) is 4.98 Å². The lowest BCUT2D eigenvalue weighted by Crippen LogP contribution is -1.92. The van der Waals surface area contributed by atoms with Gasteiger partial charge in [-0.15, -0.1) is 0 Å². The van der Waals surface area contributed by atoms with Crippen LogP contribution in [0.2, 0.25) is 0 Å². The molecule has 0 aliphatic rings. The summed E-state index contributed by atoms with van der Waals surface area (Å²) in [7, 11) is 1.53. The molecule has 0 bridgehead atoms. The Labute approximate surface area is 69.6 Å². The number of aromatic nitrogens is 1. The molecule has 0 unspecified atom stereocenters. The monoisotopic (exact) mass is 164 g/mol. The van der Waals surface area contributed by atoms with Gasteiger partial charge in [0.05, 0.1) is 13.7 Å². The van der Waals surface area contributed by atoms with E-state index < -0.39 is 0 Å². The molecular weight excluding hydrogens is 156 g/mol. The normalized spacial score (nSPS) is 8.75. The summed E-state index contributed by atoms with van der Waals surface area (Å²) in [6.07, 6.45) is 1.62. The molecule has 0 aromatic carbocycles. The maximum absolute atomic E-state index is 8.09. The number of nitrogens with zero attached hydrogens (tertiary/aromatic N) is 4. The van der Waals surface area contributed by atoms with Crippen LogP contribution in [-0.2, 0) is 6.54 Å². The van der Waals surface area contributed by atoms with Gasteiger partial charge in [0.25, 0.3) is 0 Å². The zero-order valence-electron chi connectivity index (χ0n) is 6.64. The summed E-state index contributed by atoms with van der Waals surface area (Å²) in [6.45, 7) is 0.271. The molecule has 0 atom stereocenters. The average molecular weight is 164 g/mol. The molecule has 0 saturated carbocycles. The molecule has 0 saturated heterocycles. The predicted molar refractivity (Wildman–Crippen MR) is 43.6 cm³/mol. The molecule has 5 heteroatoms. The maximum atomic E-state index is 8.09. The Bertz CT molecular complexity index is 306. The van der Waals surface area contributed by atoms with Crippen molar-refractivity contribution in [3.05, 3.63) is 34.3 Å². The fraction of sp³-hybridized carbons (Fsp3) is 0.286. The second-order valence-corrected chi connectivity index (χ2v) is 2.06. The van der Waals surface area contributed by atoms with Crippen LogP contribution < -0.4 is 4.74 Å². The van der Waals surface area contributed by atoms with Gasteiger partial charge in [-0.2, -0.15) is 0 Å². The highest BCUT2D eigenvalue weighted by molar-refractivity contribution is 5.24. The van der Waals surface area contributed by atoms with E-state index in [1.165, 1.54) is 7.11 Å². The highest BCUT2D eigenvalue weighted by atomic mass is 16.5. The van der Waals surface area contributed by atoms with Crippen molar-refractivity contribution in [2.24, 2.45) is 5.11 Å². The largest absolute Gasteiger partial charge is 0.481 e. The van der Waals surface area contributed by atoms with Gasteiger partial charge >= 0.3 is 0 Å². The third-order valence-electron chi connectivity index (χ3n) is 1.35. The van der Waals surface area contributed by atoms with Gasteiger partial charge in [-0.05, 0) is 11.6 Å². The zero-order chi connectivity index (χ0) is 8.81. The van der Waals surface area contributed by atoms with E-state index in [-0.39, 0.29) is 6.54 Å². The van der Waals surface area contributed by atoms with E-state index in [1.54, 1.807) is 18.3 Å². The van der Waals surface area contributed by atoms with Gasteiger partial charge in [-0.3, -0.25) is 0 Å². The van der Waals surface area contributed by atoms with Crippen LogP contribution in [0.15, 0.2) is 23.4 Å². The van der Waals surface area contributed by atoms with E-state index >= 15 is 0 Å². The maximum Gasteiger partial charge on any atom is 0.216 e. The number of hydrogen-bond donors (Lipinski definition) is 0. The number of hydrogen-bond acceptors (Lipinski definition) is 3. The molecule has 1 aromatic rings. The fourth-order valence-corrected chi connectivity index (χ4v) is 0.836. The van der Waals surface area contributed by atoms with Crippen LogP contribution in [0, 0.1) is 0 Å². The lowest BCUT2D eigenvalue weighted by atomic mass is 10.3. The van der Waals surface area contributed by atoms with Gasteiger partial charge < -0.3 is 4.74 Å². The first-order valence-corrected chi connectivity index (χ1v) is 3.37. The second-order valence-electron chi connectivity index (χ2n) is 2.06. The zero-order valence-corrected chi connectivity index (χ0v) is 6.64. The molecule has 12 heavy (non-hydrogen) atoms. The molecule has 0 amide bonds. The Balaban J connectivity index is 2.88. The molecule has 0 spiro atoms. The first kappa shape index (κ1) is 8.36. The first-order chi connectivity index (χ1) is 5.88. The summed E-state index contributed by atoms with van der Waals surface area (Å²) in [5.41, 5.74) is 8.88. The van der Waals surface area contributed by atoms with E-state index in [4.69, 9.17) is 10.3 Å². The van der Waals surface area contributed by atoms with Crippen LogP contribution in [0.4, 0.5) is 0 Å². The highest BCUT2D eigenvalue weighted by Crippen LogP contribution is 2.14. The third kappa shape index (κ3) is 1.87. The number of pyridine rings is 1. The summed E-state index contributed by atoms with van der Waals surface area (Å²) >= 11 is 0. The Hall–Kier alpha value is -1.74. The average Bonchev–Trinajstić information content (AvgIpc) is 2.15. The fourth-order valence-electron chi connectivity index (χ4n) is 0.836. The summed E-state index contributed by atoms with van der Waals surface area (Å²) in [5, 5.41) is 3.41. The molecule has 1 aromatic heterocycles. The van der Waals surface area contributed by atoms with Crippen LogP contribution in [0.3, 0.4) is 0 Å². The number of azide groups is 1. The van der Waals surface area contributed by atoms with Gasteiger partial charge in [0.1, 0.15) is 0 Å². The topological polar surface area (TPSA) is 70.9 Å². The SMILES string of the molecule is COc1ncccc1CN=[N+]=[N-]. The summed E-state index contributed by atoms with van der Waals surface area (Å²) in [4.78, 5) is 6.59. The minimum atomic E-state index is 0.271. The quantitative estimate of drug-likeness (QED) is 0.389. The number of methoxy groups -OCH3 is 1. The lowest BCUT2D eigenvalue weighted by molar-refractivity contribution is 0.392. The lowest BCUT2D eigenvalue weighted by Gasteiger charge is -2.02. The van der Waals surface area contributed by atoms with Gasteiger partial charge in [0, 0.05) is 16.7 Å². The number of rotatable bonds is 3. The minimum absolute atomic E-state index is 0.271. The van der Waals surface area contributed by atoms with Gasteiger partial charge in [-0.1, -0.05) is 11.2 Å². The molecule has 62 valence electrons. The Morgan fingerprint density at radius 1 is 1.75 bits per heavy atom. The molecule has 0 N–H and O–H groups in total. The van der Waals surface area contributed by atoms with Gasteiger partial charge in [0.2, 0.25) is 5.88 Å². The first-order valence-electron chi connectivity index (χ1n) is 3.37. The molecule has 0 aliphatic heterocycles. The Kier molecular flexibility index (Phi) is 2.93. The molecule has 0 fully saturated rings. The van der Waals surface area contributed by atoms with E-state index in [2.05, 4.69) is 15.0 Å². The number of ether oxygens (including phenoxy) is 1. The summed E-state index contributed by atoms with van der Waals surface area (Å²) in [6, 6.07) is 3.57. The van der Waals surface area contributed by atoms with Crippen LogP contribution in [-0.4, -0.2) is 12.1 Å².